The predicted molar refractivity (Wildman–Crippen MR) is 105 cm³/mol. The van der Waals surface area contributed by atoms with Crippen molar-refractivity contribution in [3.63, 3.8) is 0 Å². The zero-order valence-electron chi connectivity index (χ0n) is 15.9. The molecule has 6 heteroatoms. The van der Waals surface area contributed by atoms with Gasteiger partial charge < -0.3 is 19.9 Å². The Hall–Kier alpha value is -3.02. The minimum absolute atomic E-state index is 0.0927. The van der Waals surface area contributed by atoms with Crippen molar-refractivity contribution in [3.05, 3.63) is 59.2 Å². The SMILES string of the molecule is CCOc1ccc(CC(CNC(=O)Cc2ccc3c(c2)CCO3)C(=O)O)cc1. The predicted octanol–water partition coefficient (Wildman–Crippen LogP) is 2.62. The Morgan fingerprint density at radius 3 is 2.64 bits per heavy atom. The Bertz CT molecular complexity index is 831. The van der Waals surface area contributed by atoms with Gasteiger partial charge in [-0.25, -0.2) is 0 Å². The molecule has 1 heterocycles. The molecule has 6 nitrogen and oxygen atoms in total. The quantitative estimate of drug-likeness (QED) is 0.695. The number of amides is 1. The lowest BCUT2D eigenvalue weighted by Crippen LogP contribution is -2.34. The van der Waals surface area contributed by atoms with Gasteiger partial charge in [-0.2, -0.15) is 0 Å². The van der Waals surface area contributed by atoms with E-state index in [0.29, 0.717) is 19.6 Å². The van der Waals surface area contributed by atoms with Gasteiger partial charge >= 0.3 is 5.97 Å². The first kappa shape index (κ1) is 19.7. The number of hydrogen-bond donors (Lipinski definition) is 2. The maximum atomic E-state index is 12.3. The maximum Gasteiger partial charge on any atom is 0.308 e. The highest BCUT2D eigenvalue weighted by Gasteiger charge is 2.20. The molecule has 2 N–H and O–H groups in total. The number of fused-ring (bicyclic) bond motifs is 1. The molecule has 0 spiro atoms. The fourth-order valence-electron chi connectivity index (χ4n) is 3.25. The molecule has 1 aliphatic rings. The number of hydrogen-bond acceptors (Lipinski definition) is 4. The summed E-state index contributed by atoms with van der Waals surface area (Å²) in [7, 11) is 0. The lowest BCUT2D eigenvalue weighted by atomic mass is 9.99. The first-order valence-corrected chi connectivity index (χ1v) is 9.51. The molecule has 0 aliphatic carbocycles. The number of carboxylic acid groups (broad SMARTS) is 1. The van der Waals surface area contributed by atoms with E-state index in [9.17, 15) is 14.7 Å². The van der Waals surface area contributed by atoms with Crippen molar-refractivity contribution in [1.82, 2.24) is 5.32 Å². The van der Waals surface area contributed by atoms with E-state index in [-0.39, 0.29) is 18.9 Å². The van der Waals surface area contributed by atoms with E-state index >= 15 is 0 Å². The van der Waals surface area contributed by atoms with Crippen LogP contribution in [0.1, 0.15) is 23.6 Å². The lowest BCUT2D eigenvalue weighted by molar-refractivity contribution is -0.141. The smallest absolute Gasteiger partial charge is 0.308 e. The second kappa shape index (κ2) is 9.26. The summed E-state index contributed by atoms with van der Waals surface area (Å²) >= 11 is 0. The summed E-state index contributed by atoms with van der Waals surface area (Å²) in [6, 6.07) is 13.1. The molecule has 1 amide bonds. The van der Waals surface area contributed by atoms with Crippen LogP contribution in [-0.4, -0.2) is 36.7 Å². The Labute approximate surface area is 164 Å². The molecule has 1 unspecified atom stereocenters. The largest absolute Gasteiger partial charge is 0.494 e. The molecule has 0 aromatic heterocycles. The summed E-state index contributed by atoms with van der Waals surface area (Å²) < 4.78 is 10.9. The average molecular weight is 383 g/mol. The van der Waals surface area contributed by atoms with Crippen molar-refractivity contribution in [2.45, 2.75) is 26.2 Å². The van der Waals surface area contributed by atoms with Crippen LogP contribution in [0.15, 0.2) is 42.5 Å². The second-order valence-corrected chi connectivity index (χ2v) is 6.84. The van der Waals surface area contributed by atoms with Crippen molar-refractivity contribution in [2.24, 2.45) is 5.92 Å². The number of ether oxygens (including phenoxy) is 2. The van der Waals surface area contributed by atoms with Crippen LogP contribution in [-0.2, 0) is 28.9 Å². The summed E-state index contributed by atoms with van der Waals surface area (Å²) in [6.07, 6.45) is 1.43. The number of carboxylic acids is 1. The fourth-order valence-corrected chi connectivity index (χ4v) is 3.25. The third-order valence-corrected chi connectivity index (χ3v) is 4.73. The third kappa shape index (κ3) is 5.25. The van der Waals surface area contributed by atoms with Crippen LogP contribution in [0.3, 0.4) is 0 Å². The van der Waals surface area contributed by atoms with Gasteiger partial charge in [0.05, 0.1) is 25.6 Å². The summed E-state index contributed by atoms with van der Waals surface area (Å²) in [5.41, 5.74) is 2.91. The lowest BCUT2D eigenvalue weighted by Gasteiger charge is -2.14. The Balaban J connectivity index is 1.52. The number of carbonyl (C=O) groups is 2. The Morgan fingerprint density at radius 1 is 1.18 bits per heavy atom. The molecule has 148 valence electrons. The van der Waals surface area contributed by atoms with Crippen molar-refractivity contribution >= 4 is 11.9 Å². The zero-order chi connectivity index (χ0) is 19.9. The van der Waals surface area contributed by atoms with Crippen LogP contribution >= 0.6 is 0 Å². The monoisotopic (exact) mass is 383 g/mol. The molecule has 2 aromatic rings. The fraction of sp³-hybridized carbons (Fsp3) is 0.364. The number of rotatable bonds is 9. The van der Waals surface area contributed by atoms with E-state index in [1.54, 1.807) is 0 Å². The van der Waals surface area contributed by atoms with Crippen LogP contribution in [0.4, 0.5) is 0 Å². The van der Waals surface area contributed by atoms with Gasteiger partial charge in [-0.05, 0) is 48.2 Å². The average Bonchev–Trinajstić information content (AvgIpc) is 3.14. The Kier molecular flexibility index (Phi) is 6.53. The summed E-state index contributed by atoms with van der Waals surface area (Å²) in [6.45, 7) is 3.26. The number of aliphatic carboxylic acids is 1. The molecule has 3 rings (SSSR count). The van der Waals surface area contributed by atoms with Gasteiger partial charge in [0.25, 0.3) is 0 Å². The minimum Gasteiger partial charge on any atom is -0.494 e. The van der Waals surface area contributed by atoms with Gasteiger partial charge in [-0.3, -0.25) is 9.59 Å². The summed E-state index contributed by atoms with van der Waals surface area (Å²) in [5, 5.41) is 12.2. The molecular weight excluding hydrogens is 358 g/mol. The van der Waals surface area contributed by atoms with Crippen LogP contribution < -0.4 is 14.8 Å². The highest BCUT2D eigenvalue weighted by molar-refractivity contribution is 5.79. The summed E-state index contributed by atoms with van der Waals surface area (Å²) in [4.78, 5) is 23.8. The van der Waals surface area contributed by atoms with Crippen molar-refractivity contribution in [3.8, 4) is 11.5 Å². The van der Waals surface area contributed by atoms with Gasteiger partial charge in [-0.1, -0.05) is 24.3 Å². The second-order valence-electron chi connectivity index (χ2n) is 6.84. The van der Waals surface area contributed by atoms with Crippen molar-refractivity contribution in [2.75, 3.05) is 19.8 Å². The molecule has 1 atom stereocenters. The van der Waals surface area contributed by atoms with E-state index in [0.717, 1.165) is 34.6 Å². The molecular formula is C22H25NO5. The van der Waals surface area contributed by atoms with E-state index in [2.05, 4.69) is 5.32 Å². The zero-order valence-corrected chi connectivity index (χ0v) is 15.9. The molecule has 28 heavy (non-hydrogen) atoms. The standard InChI is InChI=1S/C22H25NO5/c1-2-27-19-6-3-15(4-7-19)11-18(22(25)26)14-23-21(24)13-16-5-8-20-17(12-16)9-10-28-20/h3-8,12,18H,2,9-11,13-14H2,1H3,(H,23,24)(H,25,26). The molecule has 0 bridgehead atoms. The van der Waals surface area contributed by atoms with Gasteiger partial charge in [0.2, 0.25) is 5.91 Å². The van der Waals surface area contributed by atoms with E-state index < -0.39 is 11.9 Å². The van der Waals surface area contributed by atoms with Crippen molar-refractivity contribution in [1.29, 1.82) is 0 Å². The van der Waals surface area contributed by atoms with Gasteiger partial charge in [0.15, 0.2) is 0 Å². The van der Waals surface area contributed by atoms with Crippen LogP contribution in [0.5, 0.6) is 11.5 Å². The Morgan fingerprint density at radius 2 is 1.93 bits per heavy atom. The van der Waals surface area contributed by atoms with Crippen LogP contribution in [0.25, 0.3) is 0 Å². The van der Waals surface area contributed by atoms with E-state index in [1.165, 1.54) is 0 Å². The molecule has 2 aromatic carbocycles. The van der Waals surface area contributed by atoms with E-state index in [4.69, 9.17) is 9.47 Å². The number of carbonyl (C=O) groups excluding carboxylic acids is 1. The topological polar surface area (TPSA) is 84.9 Å². The molecule has 1 aliphatic heterocycles. The van der Waals surface area contributed by atoms with Gasteiger partial charge in [0.1, 0.15) is 11.5 Å². The maximum absolute atomic E-state index is 12.3. The minimum atomic E-state index is -0.927. The first-order valence-electron chi connectivity index (χ1n) is 9.51. The summed E-state index contributed by atoms with van der Waals surface area (Å²) in [5.74, 6) is -0.160. The van der Waals surface area contributed by atoms with Gasteiger partial charge in [0, 0.05) is 13.0 Å². The molecule has 0 saturated heterocycles. The first-order chi connectivity index (χ1) is 13.5. The highest BCUT2D eigenvalue weighted by Crippen LogP contribution is 2.26. The van der Waals surface area contributed by atoms with Gasteiger partial charge in [-0.15, -0.1) is 0 Å². The highest BCUT2D eigenvalue weighted by atomic mass is 16.5. The van der Waals surface area contributed by atoms with Crippen LogP contribution in [0, 0.1) is 5.92 Å². The number of benzene rings is 2. The van der Waals surface area contributed by atoms with E-state index in [1.807, 2.05) is 49.4 Å². The third-order valence-electron chi connectivity index (χ3n) is 4.73. The van der Waals surface area contributed by atoms with Crippen molar-refractivity contribution < 1.29 is 24.2 Å². The molecule has 0 fully saturated rings. The molecule has 0 saturated carbocycles. The normalized spacial score (nSPS) is 13.3. The van der Waals surface area contributed by atoms with Crippen LogP contribution in [0.2, 0.25) is 0 Å². The molecule has 0 radical (unpaired) electrons. The number of nitrogens with one attached hydrogen (secondary N) is 1.